The zero-order valence-corrected chi connectivity index (χ0v) is 21.8. The highest BCUT2D eigenvalue weighted by Crippen LogP contribution is 2.46. The van der Waals surface area contributed by atoms with Gasteiger partial charge in [0.05, 0.1) is 11.8 Å². The van der Waals surface area contributed by atoms with Crippen molar-refractivity contribution in [1.82, 2.24) is 0 Å². The quantitative estimate of drug-likeness (QED) is 0.296. The molecule has 4 aliphatic rings. The Kier molecular flexibility index (Phi) is 7.24. The number of fused-ring (bicyclic) bond motifs is 4. The number of alkyl halides is 2. The number of carbonyl (C=O) groups excluding carboxylic acids is 2. The van der Waals surface area contributed by atoms with Crippen molar-refractivity contribution in [1.29, 1.82) is 0 Å². The van der Waals surface area contributed by atoms with Gasteiger partial charge in [-0.2, -0.15) is 0 Å². The first kappa shape index (κ1) is 25.5. The molecule has 0 bridgehead atoms. The number of hydrogen-bond acceptors (Lipinski definition) is 4. The van der Waals surface area contributed by atoms with E-state index in [2.05, 4.69) is 0 Å². The van der Waals surface area contributed by atoms with Crippen LogP contribution < -0.4 is 9.47 Å². The lowest BCUT2D eigenvalue weighted by Crippen LogP contribution is -2.37. The van der Waals surface area contributed by atoms with Crippen LogP contribution >= 0.6 is 0 Å². The van der Waals surface area contributed by atoms with E-state index in [0.29, 0.717) is 50.0 Å². The normalized spacial score (nSPS) is 31.7. The van der Waals surface area contributed by atoms with Crippen LogP contribution in [-0.4, -0.2) is 24.3 Å². The van der Waals surface area contributed by atoms with E-state index in [1.54, 1.807) is 0 Å². The summed E-state index contributed by atoms with van der Waals surface area (Å²) in [5.41, 5.74) is 3.60. The largest absolute Gasteiger partial charge is 0.426 e. The Hall–Kier alpha value is -2.76. The lowest BCUT2D eigenvalue weighted by molar-refractivity contribution is -0.152. The molecule has 4 nitrogen and oxygen atoms in total. The molecule has 202 valence electrons. The minimum atomic E-state index is -0.741. The van der Waals surface area contributed by atoms with Crippen LogP contribution in [-0.2, 0) is 9.59 Å². The summed E-state index contributed by atoms with van der Waals surface area (Å²) in [5, 5.41) is 0. The van der Waals surface area contributed by atoms with Gasteiger partial charge in [0.25, 0.3) is 0 Å². The molecule has 0 aromatic heterocycles. The molecule has 2 aromatic carbocycles. The molecule has 0 saturated heterocycles. The molecule has 0 amide bonds. The Morgan fingerprint density at radius 3 is 1.34 bits per heavy atom. The number of ether oxygens (including phenoxy) is 2. The van der Waals surface area contributed by atoms with Crippen LogP contribution in [0.5, 0.6) is 11.5 Å². The number of rotatable bonds is 2. The highest BCUT2D eigenvalue weighted by atomic mass is 19.1. The molecular weight excluding hydrogens is 486 g/mol. The van der Waals surface area contributed by atoms with E-state index in [1.165, 1.54) is 0 Å². The molecule has 3 saturated carbocycles. The maximum absolute atomic E-state index is 13.9. The number of esters is 2. The van der Waals surface area contributed by atoms with Gasteiger partial charge in [-0.25, -0.2) is 8.78 Å². The predicted octanol–water partition coefficient (Wildman–Crippen LogP) is 7.98. The first-order valence-corrected chi connectivity index (χ1v) is 14.5. The molecule has 0 N–H and O–H groups in total. The predicted molar refractivity (Wildman–Crippen MR) is 141 cm³/mol. The van der Waals surface area contributed by atoms with Crippen molar-refractivity contribution in [2.45, 2.75) is 101 Å². The first-order chi connectivity index (χ1) is 18.5. The SMILES string of the molecule is O=C1Oc2ccc(C3CCC(F)CC3)cc2-c2cc(C3CCC(F)CC3)ccc2OC(=O)[C@H]2CCCC[C@H]12. The van der Waals surface area contributed by atoms with E-state index in [4.69, 9.17) is 9.47 Å². The number of carbonyl (C=O) groups is 2. The summed E-state index contributed by atoms with van der Waals surface area (Å²) in [5.74, 6) is -0.387. The molecule has 1 heterocycles. The maximum Gasteiger partial charge on any atom is 0.315 e. The lowest BCUT2D eigenvalue weighted by Gasteiger charge is -2.31. The highest BCUT2D eigenvalue weighted by Gasteiger charge is 2.40. The van der Waals surface area contributed by atoms with Crippen LogP contribution in [0.15, 0.2) is 36.4 Å². The smallest absolute Gasteiger partial charge is 0.315 e. The summed E-state index contributed by atoms with van der Waals surface area (Å²) < 4.78 is 39.8. The van der Waals surface area contributed by atoms with Gasteiger partial charge in [0.1, 0.15) is 23.8 Å². The minimum absolute atomic E-state index is 0.232. The summed E-state index contributed by atoms with van der Waals surface area (Å²) in [4.78, 5) is 26.7. The second kappa shape index (κ2) is 10.8. The van der Waals surface area contributed by atoms with E-state index < -0.39 is 24.2 Å². The molecular formula is C32H36F2O4. The second-order valence-electron chi connectivity index (χ2n) is 11.7. The van der Waals surface area contributed by atoms with E-state index in [-0.39, 0.29) is 23.8 Å². The molecule has 0 spiro atoms. The van der Waals surface area contributed by atoms with E-state index >= 15 is 0 Å². The maximum atomic E-state index is 13.9. The van der Waals surface area contributed by atoms with Crippen LogP contribution in [0.2, 0.25) is 0 Å². The zero-order valence-electron chi connectivity index (χ0n) is 21.8. The molecule has 2 atom stereocenters. The third-order valence-corrected chi connectivity index (χ3v) is 9.35. The van der Waals surface area contributed by atoms with Gasteiger partial charge in [-0.15, -0.1) is 0 Å². The fraction of sp³-hybridized carbons (Fsp3) is 0.562. The third-order valence-electron chi connectivity index (χ3n) is 9.35. The van der Waals surface area contributed by atoms with Crippen molar-refractivity contribution in [2.24, 2.45) is 11.8 Å². The van der Waals surface area contributed by atoms with Crippen molar-refractivity contribution in [3.63, 3.8) is 0 Å². The summed E-state index contributed by atoms with van der Waals surface area (Å²) in [6.07, 6.45) is 6.81. The molecule has 1 aliphatic heterocycles. The van der Waals surface area contributed by atoms with Gasteiger partial charge in [0.15, 0.2) is 0 Å². The van der Waals surface area contributed by atoms with Crippen LogP contribution in [0.4, 0.5) is 8.78 Å². The molecule has 0 unspecified atom stereocenters. The van der Waals surface area contributed by atoms with Crippen molar-refractivity contribution >= 4 is 11.9 Å². The van der Waals surface area contributed by atoms with E-state index in [0.717, 1.165) is 60.8 Å². The van der Waals surface area contributed by atoms with Crippen LogP contribution in [0.3, 0.4) is 0 Å². The van der Waals surface area contributed by atoms with E-state index in [1.807, 2.05) is 36.4 Å². The Morgan fingerprint density at radius 1 is 0.553 bits per heavy atom. The average molecular weight is 523 g/mol. The fourth-order valence-electron chi connectivity index (χ4n) is 7.04. The monoisotopic (exact) mass is 522 g/mol. The molecule has 38 heavy (non-hydrogen) atoms. The zero-order chi connectivity index (χ0) is 26.2. The van der Waals surface area contributed by atoms with Gasteiger partial charge in [-0.05, 0) is 111 Å². The number of halogens is 2. The molecule has 3 fully saturated rings. The Morgan fingerprint density at radius 2 is 0.947 bits per heavy atom. The molecule has 6 heteroatoms. The highest BCUT2D eigenvalue weighted by molar-refractivity contribution is 5.89. The third kappa shape index (κ3) is 5.11. The van der Waals surface area contributed by atoms with Gasteiger partial charge in [-0.1, -0.05) is 25.0 Å². The second-order valence-corrected chi connectivity index (χ2v) is 11.7. The topological polar surface area (TPSA) is 52.6 Å². The average Bonchev–Trinajstić information content (AvgIpc) is 2.94. The van der Waals surface area contributed by atoms with Crippen LogP contribution in [0, 0.1) is 11.8 Å². The molecule has 0 radical (unpaired) electrons. The van der Waals surface area contributed by atoms with Crippen molar-refractivity contribution in [3.05, 3.63) is 47.5 Å². The number of benzene rings is 2. The summed E-state index contributed by atoms with van der Waals surface area (Å²) in [6, 6.07) is 11.8. The number of hydrogen-bond donors (Lipinski definition) is 0. The van der Waals surface area contributed by atoms with Crippen molar-refractivity contribution in [2.75, 3.05) is 0 Å². The van der Waals surface area contributed by atoms with Gasteiger partial charge in [0.2, 0.25) is 0 Å². The van der Waals surface area contributed by atoms with Crippen molar-refractivity contribution < 1.29 is 27.8 Å². The summed E-state index contributed by atoms with van der Waals surface area (Å²) >= 11 is 0. The Bertz CT molecular complexity index is 1100. The fourth-order valence-corrected chi connectivity index (χ4v) is 7.04. The lowest BCUT2D eigenvalue weighted by atomic mass is 9.79. The standard InChI is InChI=1S/C32H36F2O4/c33-23-11-5-19(6-12-23)21-9-15-29-27(17-21)28-18-22(20-7-13-24(34)14-8-20)10-16-30(28)38-32(36)26-4-2-1-3-25(26)31(35)37-29/h9-10,15-20,23-26H,1-8,11-14H2/t19?,20?,23?,24?,25-,26-/m0/s1. The Labute approximate surface area is 223 Å². The summed E-state index contributed by atoms with van der Waals surface area (Å²) in [6.45, 7) is 0. The minimum Gasteiger partial charge on any atom is -0.426 e. The molecule has 3 aliphatic carbocycles. The van der Waals surface area contributed by atoms with Gasteiger partial charge in [0, 0.05) is 11.1 Å². The molecule has 6 rings (SSSR count). The first-order valence-electron chi connectivity index (χ1n) is 14.5. The van der Waals surface area contributed by atoms with Crippen LogP contribution in [0.1, 0.15) is 100 Å². The van der Waals surface area contributed by atoms with Gasteiger partial charge in [-0.3, -0.25) is 9.59 Å². The van der Waals surface area contributed by atoms with E-state index in [9.17, 15) is 18.4 Å². The van der Waals surface area contributed by atoms with Crippen molar-refractivity contribution in [3.8, 4) is 22.6 Å². The Balaban J connectivity index is 1.44. The van der Waals surface area contributed by atoms with Crippen LogP contribution in [0.25, 0.3) is 11.1 Å². The summed E-state index contributed by atoms with van der Waals surface area (Å²) in [7, 11) is 0. The molecule has 2 aromatic rings. The van der Waals surface area contributed by atoms with Gasteiger partial charge >= 0.3 is 11.9 Å². The van der Waals surface area contributed by atoms with Gasteiger partial charge < -0.3 is 9.47 Å².